The van der Waals surface area contributed by atoms with Crippen molar-refractivity contribution in [2.75, 3.05) is 43.4 Å². The fraction of sp³-hybridized carbons (Fsp3) is 0.567. The van der Waals surface area contributed by atoms with Crippen molar-refractivity contribution in [3.8, 4) is 23.1 Å². The van der Waals surface area contributed by atoms with Crippen molar-refractivity contribution >= 4 is 22.4 Å². The summed E-state index contributed by atoms with van der Waals surface area (Å²) in [5.41, 5.74) is 0.558. The van der Waals surface area contributed by atoms with E-state index in [1.165, 1.54) is 0 Å². The van der Waals surface area contributed by atoms with Crippen molar-refractivity contribution in [3.05, 3.63) is 28.8 Å². The first-order valence-corrected chi connectivity index (χ1v) is 15.0. The van der Waals surface area contributed by atoms with E-state index >= 15 is 4.39 Å². The van der Waals surface area contributed by atoms with Crippen LogP contribution in [0.4, 0.5) is 37.8 Å². The van der Waals surface area contributed by atoms with Crippen molar-refractivity contribution in [2.24, 2.45) is 0 Å². The summed E-state index contributed by atoms with van der Waals surface area (Å²) >= 11 is 0. The van der Waals surface area contributed by atoms with Gasteiger partial charge >= 0.3 is 12.2 Å². The van der Waals surface area contributed by atoms with Crippen LogP contribution in [-0.4, -0.2) is 82.5 Å². The molecule has 0 aliphatic carbocycles. The van der Waals surface area contributed by atoms with Crippen molar-refractivity contribution < 1.29 is 35.8 Å². The highest BCUT2D eigenvalue weighted by molar-refractivity contribution is 5.97. The minimum absolute atomic E-state index is 0.0605. The Kier molecular flexibility index (Phi) is 7.00. The van der Waals surface area contributed by atoms with Crippen LogP contribution in [0.3, 0.4) is 0 Å². The number of halogens is 6. The number of rotatable bonds is 4. The van der Waals surface area contributed by atoms with Crippen molar-refractivity contribution in [1.29, 1.82) is 0 Å². The number of benzene rings is 1. The number of nitrogens with one attached hydrogen (secondary N) is 1. The number of nitrogen functional groups attached to an aromatic ring is 1. The third-order valence-electron chi connectivity index (χ3n) is 9.75. The molecule has 4 aliphatic rings. The maximum absolute atomic E-state index is 16.7. The number of fused-ring (bicyclic) bond motifs is 3. The van der Waals surface area contributed by atoms with Gasteiger partial charge in [-0.25, -0.2) is 18.2 Å². The van der Waals surface area contributed by atoms with Crippen LogP contribution in [0.25, 0.3) is 22.2 Å². The second-order valence-electron chi connectivity index (χ2n) is 12.6. The van der Waals surface area contributed by atoms with E-state index in [1.54, 1.807) is 6.92 Å². The van der Waals surface area contributed by atoms with Gasteiger partial charge in [-0.2, -0.15) is 23.1 Å². The van der Waals surface area contributed by atoms with E-state index in [4.69, 9.17) is 20.2 Å². The first kappa shape index (κ1) is 30.1. The molecule has 3 N–H and O–H groups in total. The Bertz CT molecular complexity index is 1690. The molecule has 3 aromatic rings. The lowest BCUT2D eigenvalue weighted by Crippen LogP contribution is -2.61. The normalized spacial score (nSPS) is 28.2. The number of pyridine rings is 1. The van der Waals surface area contributed by atoms with Gasteiger partial charge in [-0.15, -0.1) is 0 Å². The summed E-state index contributed by atoms with van der Waals surface area (Å²) in [6, 6.07) is 0.106. The molecule has 5 atom stereocenters. The van der Waals surface area contributed by atoms with Crippen molar-refractivity contribution in [1.82, 2.24) is 25.2 Å². The predicted molar refractivity (Wildman–Crippen MR) is 154 cm³/mol. The summed E-state index contributed by atoms with van der Waals surface area (Å²) in [6.07, 6.45) is -4.74. The Morgan fingerprint density at radius 2 is 1.93 bits per heavy atom. The minimum atomic E-state index is -5.06. The Hall–Kier alpha value is -3.59. The first-order chi connectivity index (χ1) is 21.3. The number of alkyl halides is 4. The molecule has 242 valence electrons. The largest absolute Gasteiger partial charge is 0.472 e. The van der Waals surface area contributed by atoms with Gasteiger partial charge in [-0.3, -0.25) is 4.90 Å². The fourth-order valence-electron chi connectivity index (χ4n) is 7.76. The summed E-state index contributed by atoms with van der Waals surface area (Å²) < 4.78 is 101. The van der Waals surface area contributed by atoms with Gasteiger partial charge in [-0.05, 0) is 51.8 Å². The second-order valence-corrected chi connectivity index (χ2v) is 12.6. The Balaban J connectivity index is 1.44. The maximum atomic E-state index is 16.7. The van der Waals surface area contributed by atoms with Gasteiger partial charge in [0, 0.05) is 37.7 Å². The molecule has 45 heavy (non-hydrogen) atoms. The second kappa shape index (κ2) is 10.5. The molecule has 6 heterocycles. The van der Waals surface area contributed by atoms with Gasteiger partial charge in [0.15, 0.2) is 5.82 Å². The third kappa shape index (κ3) is 4.72. The molecule has 0 bridgehead atoms. The van der Waals surface area contributed by atoms with Crippen LogP contribution < -0.4 is 25.4 Å². The Morgan fingerprint density at radius 3 is 2.69 bits per heavy atom. The summed E-state index contributed by atoms with van der Waals surface area (Å²) in [5.74, 6) is -2.34. The van der Waals surface area contributed by atoms with E-state index in [0.717, 1.165) is 26.0 Å². The van der Waals surface area contributed by atoms with Crippen LogP contribution in [0.2, 0.25) is 0 Å². The average Bonchev–Trinajstić information content (AvgIpc) is 3.46. The Morgan fingerprint density at radius 1 is 1.16 bits per heavy atom. The Labute approximate surface area is 255 Å². The number of nitrogens with two attached hydrogens (primary N) is 1. The van der Waals surface area contributed by atoms with Crippen LogP contribution >= 0.6 is 0 Å². The third-order valence-corrected chi connectivity index (χ3v) is 9.75. The molecule has 0 spiro atoms. The number of hydrogen-bond donors (Lipinski definition) is 2. The van der Waals surface area contributed by atoms with E-state index in [2.05, 4.69) is 20.2 Å². The van der Waals surface area contributed by atoms with Gasteiger partial charge in [0.2, 0.25) is 5.88 Å². The number of piperazine rings is 1. The molecule has 3 saturated heterocycles. The molecule has 0 radical (unpaired) electrons. The highest BCUT2D eigenvalue weighted by atomic mass is 19.4. The fourth-order valence-corrected chi connectivity index (χ4v) is 7.76. The van der Waals surface area contributed by atoms with E-state index in [1.807, 2.05) is 11.8 Å². The SMILES string of the molecule is Cc1c(F)c(N)cc(-c2nc3c4c(nc(OC[C@@]56CCCN5C[C@H](F)C6)nc4c2F)N2CCN[C@H](C)[C@@H]2[C@H](C)O3)c1C(F)(F)F. The van der Waals surface area contributed by atoms with Gasteiger partial charge in [0.1, 0.15) is 47.1 Å². The lowest BCUT2D eigenvalue weighted by Gasteiger charge is -2.42. The van der Waals surface area contributed by atoms with Crippen LogP contribution in [0.15, 0.2) is 6.07 Å². The molecular formula is C30H33F6N7O2. The quantitative estimate of drug-likeness (QED) is 0.309. The zero-order chi connectivity index (χ0) is 32.0. The smallest absolute Gasteiger partial charge is 0.417 e. The molecule has 3 fully saturated rings. The van der Waals surface area contributed by atoms with Crippen LogP contribution in [-0.2, 0) is 6.18 Å². The standard InChI is InChI=1S/C30H33F6N7O2/c1-13-20(30(34,35)36)17(9-18(37)21(13)32)23-22(33)24-19-26(43-8-6-38-14(2)25(43)15(3)45-27(19)39-23)41-28(40-24)44-12-29-5-4-7-42(29)11-16(31)10-29/h9,14-16,25,38H,4-8,10-12,37H2,1-3H3/t14-,15+,16-,25-,29+/m1/s1. The minimum Gasteiger partial charge on any atom is -0.472 e. The zero-order valence-electron chi connectivity index (χ0n) is 24.9. The van der Waals surface area contributed by atoms with E-state index in [-0.39, 0.29) is 53.7 Å². The van der Waals surface area contributed by atoms with E-state index < -0.39 is 63.7 Å². The molecule has 0 saturated carbocycles. The zero-order valence-corrected chi connectivity index (χ0v) is 24.9. The predicted octanol–water partition coefficient (Wildman–Crippen LogP) is 4.78. The number of nitrogens with zero attached hydrogens (tertiary/aromatic N) is 5. The van der Waals surface area contributed by atoms with Crippen LogP contribution in [0, 0.1) is 18.6 Å². The molecular weight excluding hydrogens is 604 g/mol. The lowest BCUT2D eigenvalue weighted by atomic mass is 9.95. The maximum Gasteiger partial charge on any atom is 0.417 e. The highest BCUT2D eigenvalue weighted by Crippen LogP contribution is 2.47. The average molecular weight is 638 g/mol. The van der Waals surface area contributed by atoms with Gasteiger partial charge in [0.25, 0.3) is 0 Å². The van der Waals surface area contributed by atoms with Gasteiger partial charge < -0.3 is 25.4 Å². The molecule has 1 aromatic carbocycles. The molecule has 15 heteroatoms. The molecule has 9 nitrogen and oxygen atoms in total. The molecule has 2 aromatic heterocycles. The first-order valence-electron chi connectivity index (χ1n) is 15.0. The van der Waals surface area contributed by atoms with Crippen LogP contribution in [0.5, 0.6) is 11.9 Å². The summed E-state index contributed by atoms with van der Waals surface area (Å²) in [4.78, 5) is 17.3. The highest BCUT2D eigenvalue weighted by Gasteiger charge is 2.50. The molecule has 0 unspecified atom stereocenters. The summed E-state index contributed by atoms with van der Waals surface area (Å²) in [6.45, 7) is 6.82. The van der Waals surface area contributed by atoms with E-state index in [9.17, 15) is 22.0 Å². The lowest BCUT2D eigenvalue weighted by molar-refractivity contribution is -0.137. The number of hydrogen-bond acceptors (Lipinski definition) is 9. The number of aromatic nitrogens is 3. The van der Waals surface area contributed by atoms with Crippen LogP contribution in [0.1, 0.15) is 44.2 Å². The topological polar surface area (TPSA) is 102 Å². The monoisotopic (exact) mass is 637 g/mol. The van der Waals surface area contributed by atoms with Gasteiger partial charge in [0.05, 0.1) is 22.8 Å². The number of anilines is 2. The summed E-state index contributed by atoms with van der Waals surface area (Å²) in [7, 11) is 0. The number of ether oxygens (including phenoxy) is 2. The van der Waals surface area contributed by atoms with Gasteiger partial charge in [-0.1, -0.05) is 0 Å². The van der Waals surface area contributed by atoms with E-state index in [0.29, 0.717) is 26.1 Å². The molecule has 4 aliphatic heterocycles. The van der Waals surface area contributed by atoms with Crippen molar-refractivity contribution in [2.45, 2.75) is 76.1 Å². The summed E-state index contributed by atoms with van der Waals surface area (Å²) in [5, 5.41) is 3.47. The van der Waals surface area contributed by atoms with Crippen molar-refractivity contribution in [3.63, 3.8) is 0 Å². The molecule has 0 amide bonds. The molecule has 7 rings (SSSR count).